The zero-order valence-corrected chi connectivity index (χ0v) is 60.6. The van der Waals surface area contributed by atoms with Crippen molar-refractivity contribution in [3.05, 3.63) is 146 Å². The quantitative estimate of drug-likeness (QED) is 0.0195. The van der Waals surface area contributed by atoms with Crippen molar-refractivity contribution in [2.24, 2.45) is 0 Å². The Labute approximate surface area is 572 Å². The van der Waals surface area contributed by atoms with Crippen LogP contribution in [0.4, 0.5) is 0 Å². The van der Waals surface area contributed by atoms with E-state index in [-0.39, 0.29) is 38.6 Å². The summed E-state index contributed by atoms with van der Waals surface area (Å²) in [7, 11) is 5.92. The van der Waals surface area contributed by atoms with Crippen LogP contribution in [0.2, 0.25) is 0 Å². The molecule has 0 rings (SSSR count). The van der Waals surface area contributed by atoms with Crippen LogP contribution in [0, 0.1) is 0 Å². The maximum atomic E-state index is 12.9. The van der Waals surface area contributed by atoms with E-state index in [1.165, 1.54) is 154 Å². The standard InChI is InChI=1S/C84H141NO8/c1-6-8-10-12-14-16-18-20-22-24-26-28-30-32-34-36-37-38-39-40-41-42-43-44-45-47-48-50-52-54-56-58-60-62-64-66-68-70-72-74-81(86)91-78-80(79-92-84(83(88)89)90-77-76-85(3,4)5)93-82(87)75-73-71-69-67-65-63-61-59-57-55-53-51-49-46-35-33-31-29-27-25-23-21-19-17-15-13-11-9-7-2/h8-11,14-17,20-23,26-29,33,35,49,51,55,57,61,63,80,84H,6-7,12-13,18-19,24-25,30-32,34,36-48,50,52-54,56,58-60,62,64-79H2,1-5H3/b10-8-,11-9-,16-14-,17-15-,22-20-,23-21-,28-26-,29-27-,35-33-,51-49-,57-55-,63-61-. The van der Waals surface area contributed by atoms with E-state index in [0.29, 0.717) is 17.4 Å². The Hall–Kier alpha value is -4.83. The number of quaternary nitrogens is 1. The average molecular weight is 1290 g/mol. The van der Waals surface area contributed by atoms with E-state index in [0.717, 1.165) is 122 Å². The first-order valence-corrected chi connectivity index (χ1v) is 38.0. The second-order valence-electron chi connectivity index (χ2n) is 26.2. The summed E-state index contributed by atoms with van der Waals surface area (Å²) in [6.45, 7) is 4.50. The van der Waals surface area contributed by atoms with Gasteiger partial charge in [0.05, 0.1) is 40.3 Å². The number of aliphatic carboxylic acids is 1. The number of hydrogen-bond acceptors (Lipinski definition) is 8. The Bertz CT molecular complexity index is 2040. The van der Waals surface area contributed by atoms with Crippen LogP contribution < -0.4 is 5.11 Å². The van der Waals surface area contributed by atoms with Crippen molar-refractivity contribution in [2.75, 3.05) is 47.5 Å². The average Bonchev–Trinajstić information content (AvgIpc) is 3.74. The highest BCUT2D eigenvalue weighted by Crippen LogP contribution is 2.18. The second kappa shape index (κ2) is 73.0. The topological polar surface area (TPSA) is 111 Å². The SMILES string of the molecule is CC/C=C\C/C=C\C/C=C\C/C=C\C/C=C\C/C=C\C/C=C\C/C=C\CCCCCCC(=O)OC(COC(=O)CCCCCCCCCCCCCCCCCCCCCCCCCCCC/C=C\C/C=C\C/C=C\C/C=C\CC)COC(OCC[N+](C)(C)C)C(=O)[O-]. The van der Waals surface area contributed by atoms with Gasteiger partial charge in [-0.3, -0.25) is 9.59 Å². The number of carbonyl (C=O) groups is 3. The van der Waals surface area contributed by atoms with Crippen LogP contribution in [-0.4, -0.2) is 82.3 Å². The molecule has 9 heteroatoms. The van der Waals surface area contributed by atoms with Gasteiger partial charge in [-0.15, -0.1) is 0 Å². The van der Waals surface area contributed by atoms with Gasteiger partial charge in [0.2, 0.25) is 0 Å². The third kappa shape index (κ3) is 74.4. The highest BCUT2D eigenvalue weighted by Gasteiger charge is 2.22. The van der Waals surface area contributed by atoms with Gasteiger partial charge in [0, 0.05) is 12.8 Å². The minimum absolute atomic E-state index is 0.137. The molecule has 0 aliphatic heterocycles. The molecule has 530 valence electrons. The van der Waals surface area contributed by atoms with Crippen molar-refractivity contribution in [3.63, 3.8) is 0 Å². The van der Waals surface area contributed by atoms with Crippen LogP contribution in [0.15, 0.2) is 146 Å². The minimum atomic E-state index is -1.64. The van der Waals surface area contributed by atoms with Crippen molar-refractivity contribution in [1.82, 2.24) is 0 Å². The summed E-state index contributed by atoms with van der Waals surface area (Å²) >= 11 is 0. The van der Waals surface area contributed by atoms with Gasteiger partial charge < -0.3 is 33.3 Å². The summed E-state index contributed by atoms with van der Waals surface area (Å²) < 4.78 is 22.8. The third-order valence-corrected chi connectivity index (χ3v) is 16.1. The summed E-state index contributed by atoms with van der Waals surface area (Å²) in [4.78, 5) is 37.5. The van der Waals surface area contributed by atoms with Gasteiger partial charge >= 0.3 is 11.9 Å². The van der Waals surface area contributed by atoms with Gasteiger partial charge in [0.15, 0.2) is 12.4 Å². The number of esters is 2. The number of likely N-dealkylation sites (N-methyl/N-ethyl adjacent to an activating group) is 1. The summed E-state index contributed by atoms with van der Waals surface area (Å²) in [6.07, 6.45) is 104. The lowest BCUT2D eigenvalue weighted by atomic mass is 10.0. The summed E-state index contributed by atoms with van der Waals surface area (Å²) in [6, 6.07) is 0. The lowest BCUT2D eigenvalue weighted by molar-refractivity contribution is -0.870. The van der Waals surface area contributed by atoms with E-state index in [9.17, 15) is 19.5 Å². The molecule has 0 heterocycles. The monoisotopic (exact) mass is 1290 g/mol. The zero-order valence-electron chi connectivity index (χ0n) is 60.6. The van der Waals surface area contributed by atoms with E-state index in [2.05, 4.69) is 160 Å². The molecule has 2 unspecified atom stereocenters. The lowest BCUT2D eigenvalue weighted by Crippen LogP contribution is -2.44. The normalized spacial score (nSPS) is 13.5. The predicted molar refractivity (Wildman–Crippen MR) is 398 cm³/mol. The van der Waals surface area contributed by atoms with E-state index < -0.39 is 24.3 Å². The maximum Gasteiger partial charge on any atom is 0.306 e. The molecular formula is C84H141NO8. The fourth-order valence-corrected chi connectivity index (χ4v) is 10.4. The molecule has 93 heavy (non-hydrogen) atoms. The Kier molecular flexibility index (Phi) is 69.2. The minimum Gasteiger partial charge on any atom is -0.545 e. The van der Waals surface area contributed by atoms with Gasteiger partial charge in [0.1, 0.15) is 13.2 Å². The fraction of sp³-hybridized carbons (Fsp3) is 0.679. The number of ether oxygens (including phenoxy) is 4. The van der Waals surface area contributed by atoms with Crippen molar-refractivity contribution in [1.29, 1.82) is 0 Å². The smallest absolute Gasteiger partial charge is 0.306 e. The first kappa shape index (κ1) is 88.2. The predicted octanol–water partition coefficient (Wildman–Crippen LogP) is 22.9. The van der Waals surface area contributed by atoms with E-state index >= 15 is 0 Å². The Morgan fingerprint density at radius 2 is 0.581 bits per heavy atom. The van der Waals surface area contributed by atoms with Gasteiger partial charge in [-0.05, 0) is 116 Å². The molecule has 9 nitrogen and oxygen atoms in total. The van der Waals surface area contributed by atoms with Crippen LogP contribution in [0.25, 0.3) is 0 Å². The van der Waals surface area contributed by atoms with E-state index in [4.69, 9.17) is 18.9 Å². The molecule has 0 saturated heterocycles. The molecule has 2 atom stereocenters. The Morgan fingerprint density at radius 1 is 0.323 bits per heavy atom. The van der Waals surface area contributed by atoms with Crippen LogP contribution in [0.1, 0.15) is 309 Å². The molecular weight excluding hydrogens is 1150 g/mol. The number of hydrogen-bond donors (Lipinski definition) is 0. The van der Waals surface area contributed by atoms with Gasteiger partial charge in [-0.1, -0.05) is 327 Å². The summed E-state index contributed by atoms with van der Waals surface area (Å²) in [5, 5.41) is 11.8. The van der Waals surface area contributed by atoms with Crippen molar-refractivity contribution in [2.45, 2.75) is 322 Å². The molecule has 0 radical (unpaired) electrons. The number of unbranched alkanes of at least 4 members (excludes halogenated alkanes) is 30. The Morgan fingerprint density at radius 3 is 0.860 bits per heavy atom. The van der Waals surface area contributed by atoms with E-state index in [1.54, 1.807) is 0 Å². The molecule has 0 aromatic rings. The first-order valence-electron chi connectivity index (χ1n) is 38.0. The number of carbonyl (C=O) groups excluding carboxylic acids is 3. The zero-order chi connectivity index (χ0) is 67.5. The molecule has 0 aromatic carbocycles. The second-order valence-corrected chi connectivity index (χ2v) is 26.2. The molecule has 0 bridgehead atoms. The van der Waals surface area contributed by atoms with Gasteiger partial charge in [0.25, 0.3) is 0 Å². The van der Waals surface area contributed by atoms with E-state index in [1.807, 2.05) is 21.1 Å². The van der Waals surface area contributed by atoms with Crippen LogP contribution in [-0.2, 0) is 33.3 Å². The number of allylic oxidation sites excluding steroid dienone is 24. The molecule has 0 aliphatic carbocycles. The maximum absolute atomic E-state index is 12.9. The number of nitrogens with zero attached hydrogens (tertiary/aromatic N) is 1. The summed E-state index contributed by atoms with van der Waals surface area (Å²) in [5.41, 5.74) is 0. The number of rotatable bonds is 69. The van der Waals surface area contributed by atoms with Crippen molar-refractivity contribution >= 4 is 17.9 Å². The molecule has 0 N–H and O–H groups in total. The molecule has 0 aliphatic rings. The number of carboxylic acid groups (broad SMARTS) is 1. The molecule has 0 amide bonds. The highest BCUT2D eigenvalue weighted by atomic mass is 16.7. The lowest BCUT2D eigenvalue weighted by Gasteiger charge is -2.26. The highest BCUT2D eigenvalue weighted by molar-refractivity contribution is 5.70. The van der Waals surface area contributed by atoms with Crippen LogP contribution in [0.5, 0.6) is 0 Å². The molecule has 0 saturated carbocycles. The first-order chi connectivity index (χ1) is 45.6. The van der Waals surface area contributed by atoms with Crippen molar-refractivity contribution in [3.8, 4) is 0 Å². The molecule has 0 fully saturated rings. The third-order valence-electron chi connectivity index (χ3n) is 16.1. The fourth-order valence-electron chi connectivity index (χ4n) is 10.4. The van der Waals surface area contributed by atoms with Crippen LogP contribution >= 0.6 is 0 Å². The number of carboxylic acids is 1. The molecule has 0 aromatic heterocycles. The van der Waals surface area contributed by atoms with Gasteiger partial charge in [-0.2, -0.15) is 0 Å². The Balaban J connectivity index is 4.08. The van der Waals surface area contributed by atoms with Gasteiger partial charge in [-0.25, -0.2) is 0 Å². The van der Waals surface area contributed by atoms with Crippen molar-refractivity contribution < 1.29 is 42.9 Å². The molecule has 0 spiro atoms. The van der Waals surface area contributed by atoms with Crippen LogP contribution in [0.3, 0.4) is 0 Å². The largest absolute Gasteiger partial charge is 0.545 e. The summed E-state index contributed by atoms with van der Waals surface area (Å²) in [5.74, 6) is -2.32.